The third-order valence-electron chi connectivity index (χ3n) is 4.37. The van der Waals surface area contributed by atoms with Gasteiger partial charge in [0.15, 0.2) is 5.16 Å². The molecule has 0 fully saturated rings. The molecular weight excluding hydrogens is 460 g/mol. The van der Waals surface area contributed by atoms with E-state index in [2.05, 4.69) is 19.9 Å². The van der Waals surface area contributed by atoms with Gasteiger partial charge in [0.2, 0.25) is 11.9 Å². The first-order chi connectivity index (χ1) is 15.2. The van der Waals surface area contributed by atoms with Crippen LogP contribution in [0.3, 0.4) is 0 Å². The van der Waals surface area contributed by atoms with E-state index in [4.69, 9.17) is 17.3 Å². The van der Waals surface area contributed by atoms with E-state index in [0.717, 1.165) is 22.4 Å². The zero-order valence-electron chi connectivity index (χ0n) is 16.9. The molecule has 164 valence electrons. The maximum absolute atomic E-state index is 14.6. The molecule has 0 aliphatic heterocycles. The molecule has 2 N–H and O–H groups in total. The Morgan fingerprint density at radius 3 is 2.59 bits per heavy atom. The third kappa shape index (κ3) is 4.34. The van der Waals surface area contributed by atoms with Crippen molar-refractivity contribution in [3.8, 4) is 5.69 Å². The van der Waals surface area contributed by atoms with Crippen molar-refractivity contribution in [2.75, 3.05) is 24.7 Å². The Morgan fingerprint density at radius 2 is 1.88 bits per heavy atom. The highest BCUT2D eigenvalue weighted by Crippen LogP contribution is 2.26. The smallest absolute Gasteiger partial charge is 0.266 e. The number of fused-ring (bicyclic) bond motifs is 1. The summed E-state index contributed by atoms with van der Waals surface area (Å²) < 4.78 is 29.2. The van der Waals surface area contributed by atoms with E-state index in [0.29, 0.717) is 28.4 Å². The quantitative estimate of drug-likeness (QED) is 0.346. The number of hydrogen-bond donors (Lipinski definition) is 1. The first-order valence-corrected chi connectivity index (χ1v) is 10.6. The van der Waals surface area contributed by atoms with Crippen LogP contribution in [0.4, 0.5) is 20.7 Å². The van der Waals surface area contributed by atoms with Crippen molar-refractivity contribution in [3.05, 3.63) is 69.2 Å². The van der Waals surface area contributed by atoms with E-state index in [1.54, 1.807) is 31.1 Å². The normalized spacial score (nSPS) is 11.2. The SMILES string of the molecule is CN(C)c1nc(N)nc(CSc2nc3ccc(Cl)cc3c(=O)n2-c2ccc(F)cc2F)n1. The van der Waals surface area contributed by atoms with Gasteiger partial charge in [0, 0.05) is 25.2 Å². The minimum atomic E-state index is -0.906. The van der Waals surface area contributed by atoms with Gasteiger partial charge in [0.05, 0.1) is 22.3 Å². The van der Waals surface area contributed by atoms with Gasteiger partial charge in [0.25, 0.3) is 5.56 Å². The van der Waals surface area contributed by atoms with Gasteiger partial charge in [-0.15, -0.1) is 0 Å². The summed E-state index contributed by atoms with van der Waals surface area (Å²) in [5, 5.41) is 0.699. The first kappa shape index (κ1) is 21.9. The van der Waals surface area contributed by atoms with Gasteiger partial charge in [0.1, 0.15) is 17.5 Å². The molecule has 0 saturated carbocycles. The standard InChI is InChI=1S/C20H16ClF2N7OS/c1-29(2)19-27-16(26-18(24)28-19)9-32-20-25-14-5-3-10(21)7-12(14)17(31)30(20)15-6-4-11(22)8-13(15)23/h3-8H,9H2,1-2H3,(H2,24,26,27,28). The summed E-state index contributed by atoms with van der Waals surface area (Å²) in [5.74, 6) is -0.734. The number of halogens is 3. The lowest BCUT2D eigenvalue weighted by Crippen LogP contribution is -2.23. The Morgan fingerprint density at radius 1 is 1.09 bits per heavy atom. The largest absolute Gasteiger partial charge is 0.368 e. The molecule has 0 amide bonds. The van der Waals surface area contributed by atoms with Crippen LogP contribution in [0.15, 0.2) is 46.3 Å². The Labute approximate surface area is 190 Å². The molecule has 0 radical (unpaired) electrons. The summed E-state index contributed by atoms with van der Waals surface area (Å²) in [6.07, 6.45) is 0. The van der Waals surface area contributed by atoms with Crippen molar-refractivity contribution in [2.45, 2.75) is 10.9 Å². The van der Waals surface area contributed by atoms with Gasteiger partial charge in [-0.1, -0.05) is 23.4 Å². The van der Waals surface area contributed by atoms with Gasteiger partial charge in [-0.25, -0.2) is 13.8 Å². The molecule has 32 heavy (non-hydrogen) atoms. The number of anilines is 2. The lowest BCUT2D eigenvalue weighted by molar-refractivity contribution is 0.572. The molecule has 2 aromatic heterocycles. The molecule has 0 unspecified atom stereocenters. The maximum atomic E-state index is 14.6. The van der Waals surface area contributed by atoms with Crippen LogP contribution in [-0.4, -0.2) is 38.6 Å². The molecule has 0 aliphatic rings. The summed E-state index contributed by atoms with van der Waals surface area (Å²) in [6.45, 7) is 0. The Bertz CT molecular complexity index is 1400. The van der Waals surface area contributed by atoms with Crippen molar-refractivity contribution in [1.29, 1.82) is 0 Å². The Kier molecular flexibility index (Phi) is 5.94. The monoisotopic (exact) mass is 475 g/mol. The highest BCUT2D eigenvalue weighted by atomic mass is 35.5. The highest BCUT2D eigenvalue weighted by Gasteiger charge is 2.18. The van der Waals surface area contributed by atoms with Crippen molar-refractivity contribution < 1.29 is 8.78 Å². The topological polar surface area (TPSA) is 103 Å². The zero-order chi connectivity index (χ0) is 23.0. The molecule has 0 atom stereocenters. The lowest BCUT2D eigenvalue weighted by atomic mass is 10.2. The number of aromatic nitrogens is 5. The number of nitrogens with two attached hydrogens (primary N) is 1. The molecule has 0 bridgehead atoms. The number of benzene rings is 2. The van der Waals surface area contributed by atoms with Crippen LogP contribution >= 0.6 is 23.4 Å². The predicted molar refractivity (Wildman–Crippen MR) is 120 cm³/mol. The lowest BCUT2D eigenvalue weighted by Gasteiger charge is -2.14. The van der Waals surface area contributed by atoms with E-state index >= 15 is 0 Å². The van der Waals surface area contributed by atoms with E-state index < -0.39 is 17.2 Å². The second-order valence-corrected chi connectivity index (χ2v) is 8.26. The minimum Gasteiger partial charge on any atom is -0.368 e. The molecule has 2 heterocycles. The molecular formula is C20H16ClF2N7OS. The van der Waals surface area contributed by atoms with Gasteiger partial charge < -0.3 is 10.6 Å². The summed E-state index contributed by atoms with van der Waals surface area (Å²) in [4.78, 5) is 31.9. The van der Waals surface area contributed by atoms with Crippen LogP contribution in [0, 0.1) is 11.6 Å². The second-order valence-electron chi connectivity index (χ2n) is 6.89. The van der Waals surface area contributed by atoms with Crippen LogP contribution in [0.25, 0.3) is 16.6 Å². The number of nitrogens with zero attached hydrogens (tertiary/aromatic N) is 6. The van der Waals surface area contributed by atoms with Crippen molar-refractivity contribution in [3.63, 3.8) is 0 Å². The number of nitrogen functional groups attached to an aromatic ring is 1. The van der Waals surface area contributed by atoms with E-state index in [1.165, 1.54) is 12.1 Å². The average molecular weight is 476 g/mol. The van der Waals surface area contributed by atoms with Crippen LogP contribution in [-0.2, 0) is 5.75 Å². The van der Waals surface area contributed by atoms with Crippen molar-refractivity contribution in [2.24, 2.45) is 0 Å². The van der Waals surface area contributed by atoms with Crippen LogP contribution in [0.5, 0.6) is 0 Å². The van der Waals surface area contributed by atoms with Crippen molar-refractivity contribution in [1.82, 2.24) is 24.5 Å². The number of rotatable bonds is 5. The van der Waals surface area contributed by atoms with Crippen LogP contribution < -0.4 is 16.2 Å². The van der Waals surface area contributed by atoms with Gasteiger partial charge in [-0.2, -0.15) is 15.0 Å². The van der Waals surface area contributed by atoms with Crippen LogP contribution in [0.2, 0.25) is 5.02 Å². The Hall–Kier alpha value is -3.31. The van der Waals surface area contributed by atoms with Gasteiger partial charge in [-0.3, -0.25) is 9.36 Å². The highest BCUT2D eigenvalue weighted by molar-refractivity contribution is 7.98. The summed E-state index contributed by atoms with van der Waals surface area (Å²) in [7, 11) is 3.52. The molecule has 0 aliphatic carbocycles. The van der Waals surface area contributed by atoms with Gasteiger partial charge >= 0.3 is 0 Å². The number of hydrogen-bond acceptors (Lipinski definition) is 8. The second kappa shape index (κ2) is 8.67. The first-order valence-electron chi connectivity index (χ1n) is 9.21. The minimum absolute atomic E-state index is 0.0439. The van der Waals surface area contributed by atoms with Crippen LogP contribution in [0.1, 0.15) is 5.82 Å². The molecule has 4 aromatic rings. The Balaban J connectivity index is 1.85. The molecule has 2 aromatic carbocycles. The summed E-state index contributed by atoms with van der Waals surface area (Å²) in [6, 6.07) is 7.60. The fourth-order valence-corrected chi connectivity index (χ4v) is 3.96. The molecule has 0 saturated heterocycles. The van der Waals surface area contributed by atoms with E-state index in [-0.39, 0.29) is 27.9 Å². The number of thioether (sulfide) groups is 1. The fourth-order valence-electron chi connectivity index (χ4n) is 2.93. The van der Waals surface area contributed by atoms with Crippen molar-refractivity contribution >= 4 is 46.2 Å². The molecule has 4 rings (SSSR count). The summed E-state index contributed by atoms with van der Waals surface area (Å²) in [5.41, 5.74) is 5.46. The van der Waals surface area contributed by atoms with E-state index in [9.17, 15) is 13.6 Å². The molecule has 0 spiro atoms. The zero-order valence-corrected chi connectivity index (χ0v) is 18.5. The van der Waals surface area contributed by atoms with Gasteiger partial charge in [-0.05, 0) is 30.3 Å². The fraction of sp³-hybridized carbons (Fsp3) is 0.150. The van der Waals surface area contributed by atoms with E-state index in [1.807, 2.05) is 0 Å². The maximum Gasteiger partial charge on any atom is 0.266 e. The molecule has 12 heteroatoms. The molecule has 8 nitrogen and oxygen atoms in total. The predicted octanol–water partition coefficient (Wildman–Crippen LogP) is 3.44. The third-order valence-corrected chi connectivity index (χ3v) is 5.54. The average Bonchev–Trinajstić information content (AvgIpc) is 2.73. The summed E-state index contributed by atoms with van der Waals surface area (Å²) >= 11 is 7.14.